The van der Waals surface area contributed by atoms with Crippen LogP contribution in [0.3, 0.4) is 0 Å². The highest BCUT2D eigenvalue weighted by atomic mass is 35.5. The molecule has 1 aromatic heterocycles. The Morgan fingerprint density at radius 3 is 2.62 bits per heavy atom. The van der Waals surface area contributed by atoms with Gasteiger partial charge >= 0.3 is 0 Å². The predicted octanol–water partition coefficient (Wildman–Crippen LogP) is 1.34. The number of aromatic amines is 1. The zero-order valence-electron chi connectivity index (χ0n) is 11.3. The van der Waals surface area contributed by atoms with Crippen LogP contribution in [-0.4, -0.2) is 43.1 Å². The molecule has 0 atom stereocenters. The molecule has 0 aliphatic carbocycles. The maximum Gasteiger partial charge on any atom is 0.248 e. The van der Waals surface area contributed by atoms with Crippen LogP contribution in [0.25, 0.3) is 0 Å². The van der Waals surface area contributed by atoms with E-state index in [-0.39, 0.29) is 23.9 Å². The van der Waals surface area contributed by atoms with Gasteiger partial charge in [0.2, 0.25) is 10.0 Å². The minimum atomic E-state index is -3.67. The summed E-state index contributed by atoms with van der Waals surface area (Å²) in [6.45, 7) is 0.380. The number of nitrogens with one attached hydrogen (secondary N) is 1. The summed E-state index contributed by atoms with van der Waals surface area (Å²) in [7, 11) is -2.22. The van der Waals surface area contributed by atoms with Gasteiger partial charge in [-0.1, -0.05) is 11.6 Å². The Bertz CT molecular complexity index is 700. The highest BCUT2D eigenvalue weighted by Crippen LogP contribution is 2.19. The van der Waals surface area contributed by atoms with Gasteiger partial charge in [-0.15, -0.1) is 0 Å². The molecule has 0 radical (unpaired) electrons. The van der Waals surface area contributed by atoms with Crippen molar-refractivity contribution in [3.8, 4) is 5.75 Å². The lowest BCUT2D eigenvalue weighted by Crippen LogP contribution is -2.31. The molecule has 0 aliphatic heterocycles. The quantitative estimate of drug-likeness (QED) is 0.832. The normalized spacial score (nSPS) is 11.8. The number of rotatable bonds is 6. The Kier molecular flexibility index (Phi) is 4.71. The fourth-order valence-corrected chi connectivity index (χ4v) is 2.89. The molecular weight excluding hydrogens is 316 g/mol. The van der Waals surface area contributed by atoms with Gasteiger partial charge in [0.05, 0.1) is 6.20 Å². The number of nitrogens with zero attached hydrogens (tertiary/aromatic N) is 2. The summed E-state index contributed by atoms with van der Waals surface area (Å²) in [6, 6.07) is 6.82. The Hall–Kier alpha value is -1.77. The molecule has 7 nitrogen and oxygen atoms in total. The number of hydrogen-bond donors (Lipinski definition) is 2. The largest absolute Gasteiger partial charge is 0.492 e. The second-order valence-corrected chi connectivity index (χ2v) is 6.73. The Balaban J connectivity index is 1.94. The number of nitrogen functional groups attached to an aromatic ring is 1. The zero-order valence-corrected chi connectivity index (χ0v) is 12.9. The van der Waals surface area contributed by atoms with Crippen molar-refractivity contribution in [2.24, 2.45) is 0 Å². The van der Waals surface area contributed by atoms with E-state index in [2.05, 4.69) is 10.2 Å². The topological polar surface area (TPSA) is 101 Å². The van der Waals surface area contributed by atoms with Crippen molar-refractivity contribution in [3.05, 3.63) is 35.5 Å². The van der Waals surface area contributed by atoms with Crippen LogP contribution in [0.2, 0.25) is 5.02 Å². The Morgan fingerprint density at radius 2 is 2.05 bits per heavy atom. The monoisotopic (exact) mass is 330 g/mol. The second-order valence-electron chi connectivity index (χ2n) is 4.28. The summed E-state index contributed by atoms with van der Waals surface area (Å²) in [4.78, 5) is -0.0449. The number of aromatic nitrogens is 2. The SMILES string of the molecule is CN(CCOc1ccc(Cl)cc1)S(=O)(=O)c1cn[nH]c1N. The predicted molar refractivity (Wildman–Crippen MR) is 79.8 cm³/mol. The van der Waals surface area contributed by atoms with Crippen molar-refractivity contribution in [1.29, 1.82) is 0 Å². The van der Waals surface area contributed by atoms with Gasteiger partial charge in [-0.3, -0.25) is 5.10 Å². The van der Waals surface area contributed by atoms with Gasteiger partial charge in [-0.05, 0) is 24.3 Å². The van der Waals surface area contributed by atoms with E-state index in [0.717, 1.165) is 4.31 Å². The van der Waals surface area contributed by atoms with Gasteiger partial charge in [-0.25, -0.2) is 8.42 Å². The van der Waals surface area contributed by atoms with E-state index >= 15 is 0 Å². The number of ether oxygens (including phenoxy) is 1. The summed E-state index contributed by atoms with van der Waals surface area (Å²) in [5.74, 6) is 0.633. The molecule has 114 valence electrons. The summed E-state index contributed by atoms with van der Waals surface area (Å²) in [5, 5.41) is 6.61. The average Bonchev–Trinajstić information content (AvgIpc) is 2.88. The summed E-state index contributed by atoms with van der Waals surface area (Å²) < 4.78 is 31.0. The molecule has 2 aromatic rings. The van der Waals surface area contributed by atoms with Crippen LogP contribution in [0, 0.1) is 0 Å². The number of nitrogens with two attached hydrogens (primary N) is 1. The molecule has 0 saturated carbocycles. The van der Waals surface area contributed by atoms with Gasteiger partial charge in [0.1, 0.15) is 23.1 Å². The molecule has 0 fully saturated rings. The molecule has 0 aliphatic rings. The molecule has 0 amide bonds. The molecule has 0 unspecified atom stereocenters. The average molecular weight is 331 g/mol. The minimum Gasteiger partial charge on any atom is -0.492 e. The van der Waals surface area contributed by atoms with Crippen molar-refractivity contribution < 1.29 is 13.2 Å². The van der Waals surface area contributed by atoms with Crippen LogP contribution in [0.4, 0.5) is 5.82 Å². The molecule has 1 heterocycles. The third-order valence-corrected chi connectivity index (χ3v) is 4.95. The highest BCUT2D eigenvalue weighted by molar-refractivity contribution is 7.89. The molecule has 0 bridgehead atoms. The van der Waals surface area contributed by atoms with Crippen LogP contribution in [0.5, 0.6) is 5.75 Å². The number of likely N-dealkylation sites (N-methyl/N-ethyl adjacent to an activating group) is 1. The fourth-order valence-electron chi connectivity index (χ4n) is 1.60. The van der Waals surface area contributed by atoms with Gasteiger partial charge in [-0.2, -0.15) is 9.40 Å². The third-order valence-electron chi connectivity index (χ3n) is 2.81. The van der Waals surface area contributed by atoms with Gasteiger partial charge in [0, 0.05) is 18.6 Å². The van der Waals surface area contributed by atoms with Crippen molar-refractivity contribution in [2.45, 2.75) is 4.90 Å². The van der Waals surface area contributed by atoms with Crippen molar-refractivity contribution in [3.63, 3.8) is 0 Å². The van der Waals surface area contributed by atoms with Crippen LogP contribution in [-0.2, 0) is 10.0 Å². The standard InChI is InChI=1S/C12H15ClN4O3S/c1-17(21(18,19)11-8-15-16-12(11)14)6-7-20-10-4-2-9(13)3-5-10/h2-5,8H,6-7H2,1H3,(H3,14,15,16). The molecule has 2 rings (SSSR count). The number of halogens is 1. The molecular formula is C12H15ClN4O3S. The Labute approximate surface area is 127 Å². The molecule has 3 N–H and O–H groups in total. The van der Waals surface area contributed by atoms with Crippen molar-refractivity contribution in [1.82, 2.24) is 14.5 Å². The number of H-pyrrole nitrogens is 1. The summed E-state index contributed by atoms with van der Waals surface area (Å²) in [6.07, 6.45) is 1.18. The van der Waals surface area contributed by atoms with Crippen molar-refractivity contribution >= 4 is 27.4 Å². The van der Waals surface area contributed by atoms with E-state index in [1.54, 1.807) is 24.3 Å². The van der Waals surface area contributed by atoms with Crippen molar-refractivity contribution in [2.75, 3.05) is 25.9 Å². The smallest absolute Gasteiger partial charge is 0.248 e. The van der Waals surface area contributed by atoms with E-state index in [1.807, 2.05) is 0 Å². The molecule has 1 aromatic carbocycles. The summed E-state index contributed by atoms with van der Waals surface area (Å²) in [5.41, 5.74) is 5.53. The lowest BCUT2D eigenvalue weighted by atomic mass is 10.3. The lowest BCUT2D eigenvalue weighted by Gasteiger charge is -2.16. The van der Waals surface area contributed by atoms with E-state index in [0.29, 0.717) is 10.8 Å². The molecule has 21 heavy (non-hydrogen) atoms. The van der Waals surface area contributed by atoms with Gasteiger partial charge < -0.3 is 10.5 Å². The maximum atomic E-state index is 12.2. The molecule has 0 spiro atoms. The molecule has 0 saturated heterocycles. The highest BCUT2D eigenvalue weighted by Gasteiger charge is 2.24. The van der Waals surface area contributed by atoms with Crippen LogP contribution in [0.15, 0.2) is 35.4 Å². The van der Waals surface area contributed by atoms with Crippen LogP contribution >= 0.6 is 11.6 Å². The van der Waals surface area contributed by atoms with E-state index in [4.69, 9.17) is 22.1 Å². The lowest BCUT2D eigenvalue weighted by molar-refractivity contribution is 0.287. The summed E-state index contributed by atoms with van der Waals surface area (Å²) >= 11 is 5.76. The van der Waals surface area contributed by atoms with Crippen LogP contribution in [0.1, 0.15) is 0 Å². The number of hydrogen-bond acceptors (Lipinski definition) is 5. The van der Waals surface area contributed by atoms with E-state index in [1.165, 1.54) is 13.2 Å². The van der Waals surface area contributed by atoms with Crippen LogP contribution < -0.4 is 10.5 Å². The Morgan fingerprint density at radius 1 is 1.38 bits per heavy atom. The third kappa shape index (κ3) is 3.66. The second kappa shape index (κ2) is 6.33. The number of sulfonamides is 1. The van der Waals surface area contributed by atoms with E-state index < -0.39 is 10.0 Å². The molecule has 9 heteroatoms. The maximum absolute atomic E-state index is 12.2. The van der Waals surface area contributed by atoms with E-state index in [9.17, 15) is 8.42 Å². The number of benzene rings is 1. The first kappa shape index (κ1) is 15.6. The first-order chi connectivity index (χ1) is 9.91. The van der Waals surface area contributed by atoms with Gasteiger partial charge in [0.25, 0.3) is 0 Å². The van der Waals surface area contributed by atoms with Gasteiger partial charge in [0.15, 0.2) is 0 Å². The first-order valence-electron chi connectivity index (χ1n) is 6.05. The fraction of sp³-hybridized carbons (Fsp3) is 0.250. The first-order valence-corrected chi connectivity index (χ1v) is 7.86. The number of anilines is 1. The minimum absolute atomic E-state index is 0.0143. The zero-order chi connectivity index (χ0) is 15.5.